The van der Waals surface area contributed by atoms with Crippen molar-refractivity contribution in [2.75, 3.05) is 5.32 Å². The number of carbonyl (C=O) groups excluding carboxylic acids is 2. The van der Waals surface area contributed by atoms with E-state index in [1.165, 1.54) is 0 Å². The summed E-state index contributed by atoms with van der Waals surface area (Å²) < 4.78 is 10.4. The molecule has 3 aromatic rings. The van der Waals surface area contributed by atoms with E-state index in [0.717, 1.165) is 5.76 Å². The van der Waals surface area contributed by atoms with E-state index in [0.29, 0.717) is 23.4 Å². The molecule has 3 rings (SSSR count). The topological polar surface area (TPSA) is 84.5 Å². The lowest BCUT2D eigenvalue weighted by atomic mass is 10.1. The summed E-state index contributed by atoms with van der Waals surface area (Å²) in [5.41, 5.74) is 0.879. The van der Waals surface area contributed by atoms with Crippen molar-refractivity contribution in [2.45, 2.75) is 19.4 Å². The number of aryl methyl sites for hydroxylation is 1. The number of furan rings is 2. The van der Waals surface area contributed by atoms with Crippen LogP contribution in [0.2, 0.25) is 0 Å². The average molecular weight is 338 g/mol. The summed E-state index contributed by atoms with van der Waals surface area (Å²) in [6.45, 7) is 0.284. The molecule has 0 unspecified atom stereocenters. The molecule has 0 radical (unpaired) electrons. The van der Waals surface area contributed by atoms with Gasteiger partial charge in [-0.2, -0.15) is 0 Å². The first kappa shape index (κ1) is 16.6. The van der Waals surface area contributed by atoms with Gasteiger partial charge >= 0.3 is 0 Å². The van der Waals surface area contributed by atoms with Crippen LogP contribution in [-0.2, 0) is 17.8 Å². The normalized spacial score (nSPS) is 10.4. The Balaban J connectivity index is 1.59. The largest absolute Gasteiger partial charge is 0.469 e. The van der Waals surface area contributed by atoms with Crippen molar-refractivity contribution >= 4 is 17.5 Å². The van der Waals surface area contributed by atoms with Crippen molar-refractivity contribution in [3.8, 4) is 0 Å². The standard InChI is InChI=1S/C19H18N2O4/c22-18(10-9-14-5-3-11-24-14)21-17-8-2-1-7-16(17)19(23)20-13-15-6-4-12-25-15/h1-8,11-12H,9-10,13H2,(H,20,23)(H,21,22). The van der Waals surface area contributed by atoms with E-state index in [4.69, 9.17) is 8.83 Å². The molecule has 0 spiro atoms. The highest BCUT2D eigenvalue weighted by atomic mass is 16.3. The summed E-state index contributed by atoms with van der Waals surface area (Å²) in [6, 6.07) is 14.0. The monoisotopic (exact) mass is 338 g/mol. The average Bonchev–Trinajstić information content (AvgIpc) is 3.32. The van der Waals surface area contributed by atoms with E-state index in [-0.39, 0.29) is 24.8 Å². The Morgan fingerprint density at radius 2 is 1.60 bits per heavy atom. The minimum Gasteiger partial charge on any atom is -0.469 e. The molecule has 0 fully saturated rings. The number of rotatable bonds is 7. The van der Waals surface area contributed by atoms with Gasteiger partial charge in [0.1, 0.15) is 11.5 Å². The van der Waals surface area contributed by atoms with E-state index in [1.54, 1.807) is 55.0 Å². The maximum Gasteiger partial charge on any atom is 0.253 e. The van der Waals surface area contributed by atoms with Crippen LogP contribution in [0.5, 0.6) is 0 Å². The predicted molar refractivity (Wildman–Crippen MR) is 92.0 cm³/mol. The summed E-state index contributed by atoms with van der Waals surface area (Å²) >= 11 is 0. The minimum atomic E-state index is -0.279. The first-order valence-corrected chi connectivity index (χ1v) is 7.94. The van der Waals surface area contributed by atoms with E-state index in [9.17, 15) is 9.59 Å². The summed E-state index contributed by atoms with van der Waals surface area (Å²) in [7, 11) is 0. The third-order valence-corrected chi connectivity index (χ3v) is 3.63. The molecular weight excluding hydrogens is 320 g/mol. The number of benzene rings is 1. The molecule has 0 aliphatic rings. The molecule has 2 aromatic heterocycles. The quantitative estimate of drug-likeness (QED) is 0.692. The van der Waals surface area contributed by atoms with Crippen LogP contribution in [-0.4, -0.2) is 11.8 Å². The first-order valence-electron chi connectivity index (χ1n) is 7.94. The minimum absolute atomic E-state index is 0.178. The van der Waals surface area contributed by atoms with Gasteiger partial charge in [-0.05, 0) is 36.4 Å². The van der Waals surface area contributed by atoms with Crippen LogP contribution in [0.3, 0.4) is 0 Å². The van der Waals surface area contributed by atoms with Crippen molar-refractivity contribution in [2.24, 2.45) is 0 Å². The first-order chi connectivity index (χ1) is 12.2. The second kappa shape index (κ2) is 8.01. The van der Waals surface area contributed by atoms with Gasteiger partial charge in [0, 0.05) is 12.8 Å². The van der Waals surface area contributed by atoms with E-state index in [2.05, 4.69) is 10.6 Å². The van der Waals surface area contributed by atoms with Gasteiger partial charge in [-0.25, -0.2) is 0 Å². The van der Waals surface area contributed by atoms with E-state index < -0.39 is 0 Å². The van der Waals surface area contributed by atoms with Gasteiger partial charge in [-0.15, -0.1) is 0 Å². The Kier molecular flexibility index (Phi) is 5.31. The molecule has 2 amide bonds. The lowest BCUT2D eigenvalue weighted by molar-refractivity contribution is -0.116. The second-order valence-electron chi connectivity index (χ2n) is 5.44. The summed E-state index contributed by atoms with van der Waals surface area (Å²) in [5.74, 6) is 0.953. The highest BCUT2D eigenvalue weighted by molar-refractivity contribution is 6.03. The number of hydrogen-bond donors (Lipinski definition) is 2. The van der Waals surface area contributed by atoms with Crippen LogP contribution in [0.4, 0.5) is 5.69 Å². The molecule has 1 aromatic carbocycles. The lowest BCUT2D eigenvalue weighted by Gasteiger charge is -2.11. The van der Waals surface area contributed by atoms with Gasteiger partial charge in [0.25, 0.3) is 5.91 Å². The maximum absolute atomic E-state index is 12.4. The van der Waals surface area contributed by atoms with E-state index >= 15 is 0 Å². The molecule has 2 N–H and O–H groups in total. The highest BCUT2D eigenvalue weighted by Crippen LogP contribution is 2.16. The van der Waals surface area contributed by atoms with Crippen LogP contribution >= 0.6 is 0 Å². The molecule has 6 nitrogen and oxygen atoms in total. The Bertz CT molecular complexity index is 823. The van der Waals surface area contributed by atoms with Crippen molar-refractivity contribution in [3.05, 3.63) is 78.1 Å². The Hall–Kier alpha value is -3.28. The van der Waals surface area contributed by atoms with Gasteiger partial charge in [0.05, 0.1) is 30.3 Å². The molecule has 0 saturated carbocycles. The fourth-order valence-electron chi connectivity index (χ4n) is 2.37. The van der Waals surface area contributed by atoms with Gasteiger partial charge in [-0.1, -0.05) is 12.1 Å². The highest BCUT2D eigenvalue weighted by Gasteiger charge is 2.13. The Morgan fingerprint density at radius 3 is 2.32 bits per heavy atom. The van der Waals surface area contributed by atoms with Crippen LogP contribution in [0.25, 0.3) is 0 Å². The smallest absolute Gasteiger partial charge is 0.253 e. The number of carbonyl (C=O) groups is 2. The molecule has 0 aliphatic heterocycles. The molecule has 128 valence electrons. The third kappa shape index (κ3) is 4.60. The molecule has 6 heteroatoms. The molecule has 0 aliphatic carbocycles. The zero-order valence-corrected chi connectivity index (χ0v) is 13.5. The number of para-hydroxylation sites is 1. The van der Waals surface area contributed by atoms with Crippen molar-refractivity contribution in [1.29, 1.82) is 0 Å². The van der Waals surface area contributed by atoms with E-state index in [1.807, 2.05) is 6.07 Å². The third-order valence-electron chi connectivity index (χ3n) is 3.63. The van der Waals surface area contributed by atoms with Gasteiger partial charge in [0.2, 0.25) is 5.91 Å². The Labute approximate surface area is 144 Å². The second-order valence-corrected chi connectivity index (χ2v) is 5.44. The summed E-state index contributed by atoms with van der Waals surface area (Å²) in [6.07, 6.45) is 3.90. The van der Waals surface area contributed by atoms with Crippen LogP contribution < -0.4 is 10.6 Å². The van der Waals surface area contributed by atoms with Gasteiger partial charge in [-0.3, -0.25) is 9.59 Å². The lowest BCUT2D eigenvalue weighted by Crippen LogP contribution is -2.24. The predicted octanol–water partition coefficient (Wildman–Crippen LogP) is 3.37. The number of anilines is 1. The van der Waals surface area contributed by atoms with Gasteiger partial charge < -0.3 is 19.5 Å². The van der Waals surface area contributed by atoms with Crippen LogP contribution in [0.15, 0.2) is 69.9 Å². The zero-order valence-electron chi connectivity index (χ0n) is 13.5. The van der Waals surface area contributed by atoms with Gasteiger partial charge in [0.15, 0.2) is 0 Å². The summed E-state index contributed by atoms with van der Waals surface area (Å²) in [4.78, 5) is 24.5. The number of amides is 2. The van der Waals surface area contributed by atoms with Crippen LogP contribution in [0, 0.1) is 0 Å². The molecule has 0 bridgehead atoms. The summed E-state index contributed by atoms with van der Waals surface area (Å²) in [5, 5.41) is 5.55. The number of hydrogen-bond acceptors (Lipinski definition) is 4. The fourth-order valence-corrected chi connectivity index (χ4v) is 2.37. The van der Waals surface area contributed by atoms with Crippen LogP contribution in [0.1, 0.15) is 28.3 Å². The molecule has 0 saturated heterocycles. The number of nitrogens with one attached hydrogen (secondary N) is 2. The van der Waals surface area contributed by atoms with Crippen molar-refractivity contribution < 1.29 is 18.4 Å². The van der Waals surface area contributed by atoms with Crippen molar-refractivity contribution in [1.82, 2.24) is 5.32 Å². The molecule has 0 atom stereocenters. The fraction of sp³-hybridized carbons (Fsp3) is 0.158. The maximum atomic E-state index is 12.4. The zero-order chi connectivity index (χ0) is 17.5. The van der Waals surface area contributed by atoms with Crippen molar-refractivity contribution in [3.63, 3.8) is 0 Å². The Morgan fingerprint density at radius 1 is 0.880 bits per heavy atom. The SMILES string of the molecule is O=C(CCc1ccco1)Nc1ccccc1C(=O)NCc1ccco1. The molecular formula is C19H18N2O4. The molecule has 2 heterocycles. The molecule has 25 heavy (non-hydrogen) atoms.